The second-order valence-electron chi connectivity index (χ2n) is 7.03. The Kier molecular flexibility index (Phi) is 3.57. The third kappa shape index (κ3) is 2.02. The summed E-state index contributed by atoms with van der Waals surface area (Å²) < 4.78 is 46.1. The van der Waals surface area contributed by atoms with Gasteiger partial charge in [0, 0.05) is 27.9 Å². The minimum atomic E-state index is -1.02. The molecule has 0 aliphatic rings. The number of nitrogens with two attached hydrogens (primary N) is 1. The Balaban J connectivity index is 2.54. The molecule has 0 aliphatic carbocycles. The van der Waals surface area contributed by atoms with Crippen LogP contribution in [0.3, 0.4) is 0 Å². The zero-order valence-corrected chi connectivity index (χ0v) is 15.4. The number of anilines is 1. The summed E-state index contributed by atoms with van der Waals surface area (Å²) in [6, 6.07) is 1.36. The van der Waals surface area contributed by atoms with Crippen LogP contribution < -0.4 is 11.0 Å². The minimum Gasteiger partial charge on any atom is -0.396 e. The molecule has 2 aromatic carbocycles. The van der Waals surface area contributed by atoms with Crippen molar-refractivity contribution in [1.82, 2.24) is 4.40 Å². The molecule has 4 aromatic rings. The molecule has 0 radical (unpaired) electrons. The van der Waals surface area contributed by atoms with Gasteiger partial charge in [0.05, 0.1) is 16.7 Å². The molecule has 0 bridgehead atoms. The van der Waals surface area contributed by atoms with E-state index in [0.717, 1.165) is 11.1 Å². The summed E-state index contributed by atoms with van der Waals surface area (Å²) in [5, 5.41) is 1.26. The lowest BCUT2D eigenvalue weighted by Gasteiger charge is -2.12. The first-order valence-electron chi connectivity index (χ1n) is 8.69. The van der Waals surface area contributed by atoms with Crippen molar-refractivity contribution in [2.75, 3.05) is 5.73 Å². The average molecular weight is 368 g/mol. The Bertz CT molecular complexity index is 1350. The van der Waals surface area contributed by atoms with Gasteiger partial charge in [-0.1, -0.05) is 20.1 Å². The van der Waals surface area contributed by atoms with Gasteiger partial charge in [-0.3, -0.25) is 0 Å². The van der Waals surface area contributed by atoms with Gasteiger partial charge in [-0.05, 0) is 48.3 Å². The number of nitrogens with zero attached hydrogens (tertiary/aromatic N) is 1. The second kappa shape index (κ2) is 5.52. The van der Waals surface area contributed by atoms with Crippen LogP contribution in [-0.2, 0) is 6.42 Å². The molecule has 27 heavy (non-hydrogen) atoms. The number of aromatic nitrogens is 1. The van der Waals surface area contributed by atoms with E-state index in [0.29, 0.717) is 33.6 Å². The van der Waals surface area contributed by atoms with E-state index < -0.39 is 17.5 Å². The molecule has 2 nitrogen and oxygen atoms in total. The number of fused-ring (bicyclic) bond motifs is 3. The largest absolute Gasteiger partial charge is 0.396 e. The van der Waals surface area contributed by atoms with Crippen molar-refractivity contribution in [1.29, 1.82) is 0 Å². The lowest BCUT2D eigenvalue weighted by molar-refractivity contribution is 0.513. The highest BCUT2D eigenvalue weighted by Gasteiger charge is 2.26. The van der Waals surface area contributed by atoms with E-state index in [1.165, 1.54) is 13.0 Å². The summed E-state index contributed by atoms with van der Waals surface area (Å²) in [7, 11) is 0. The Labute approximate surface area is 154 Å². The molecular formula is C22H19F3N2. The first kappa shape index (κ1) is 17.5. The second-order valence-corrected chi connectivity index (χ2v) is 7.03. The van der Waals surface area contributed by atoms with Gasteiger partial charge in [-0.25, -0.2) is 13.2 Å². The highest BCUT2D eigenvalue weighted by Crippen LogP contribution is 2.41. The molecule has 4 rings (SSSR count). The summed E-state index contributed by atoms with van der Waals surface area (Å²) in [4.78, 5) is 0. The maximum absolute atomic E-state index is 15.0. The first-order chi connectivity index (χ1) is 12.7. The topological polar surface area (TPSA) is 30.4 Å². The number of halogens is 3. The smallest absolute Gasteiger partial charge is 0.169 e. The van der Waals surface area contributed by atoms with Crippen LogP contribution in [0, 0.1) is 24.4 Å². The van der Waals surface area contributed by atoms with Gasteiger partial charge < -0.3 is 10.1 Å². The molecule has 0 saturated carbocycles. The average Bonchev–Trinajstić information content (AvgIpc) is 2.96. The lowest BCUT2D eigenvalue weighted by Crippen LogP contribution is -2.12. The van der Waals surface area contributed by atoms with Gasteiger partial charge in [0.25, 0.3) is 0 Å². The Morgan fingerprint density at radius 1 is 1.11 bits per heavy atom. The number of hydrogen-bond donors (Lipinski definition) is 1. The van der Waals surface area contributed by atoms with E-state index in [1.807, 2.05) is 13.8 Å². The molecule has 2 heterocycles. The van der Waals surface area contributed by atoms with Gasteiger partial charge >= 0.3 is 0 Å². The van der Waals surface area contributed by atoms with E-state index in [2.05, 4.69) is 13.2 Å². The van der Waals surface area contributed by atoms with Crippen LogP contribution in [0.15, 0.2) is 18.8 Å². The summed E-state index contributed by atoms with van der Waals surface area (Å²) in [6.45, 7) is 13.3. The maximum atomic E-state index is 15.0. The van der Waals surface area contributed by atoms with Gasteiger partial charge in [0.1, 0.15) is 5.82 Å². The Morgan fingerprint density at radius 2 is 1.78 bits per heavy atom. The van der Waals surface area contributed by atoms with Crippen LogP contribution in [0.25, 0.3) is 39.3 Å². The summed E-state index contributed by atoms with van der Waals surface area (Å²) >= 11 is 0. The minimum absolute atomic E-state index is 0.00651. The third-order valence-electron chi connectivity index (χ3n) is 5.42. The molecule has 0 amide bonds. The van der Waals surface area contributed by atoms with Crippen LogP contribution in [0.2, 0.25) is 0 Å². The van der Waals surface area contributed by atoms with Crippen molar-refractivity contribution in [2.24, 2.45) is 0 Å². The number of benzene rings is 2. The van der Waals surface area contributed by atoms with Crippen molar-refractivity contribution in [3.05, 3.63) is 58.2 Å². The van der Waals surface area contributed by atoms with Crippen molar-refractivity contribution >= 4 is 45.0 Å². The van der Waals surface area contributed by atoms with Gasteiger partial charge in [-0.15, -0.1) is 0 Å². The van der Waals surface area contributed by atoms with Crippen molar-refractivity contribution in [3.63, 3.8) is 0 Å². The molecule has 0 spiro atoms. The number of nitrogen functional groups attached to an aromatic ring is 1. The fourth-order valence-corrected chi connectivity index (χ4v) is 4.08. The van der Waals surface area contributed by atoms with E-state index >= 15 is 4.39 Å². The fraction of sp³-hybridized carbons (Fsp3) is 0.182. The van der Waals surface area contributed by atoms with E-state index in [9.17, 15) is 8.78 Å². The molecule has 138 valence electrons. The molecule has 0 fully saturated rings. The standard InChI is InChI=1S/C22H19F3N2/c1-6-12-7-14(23)20(26)17-16-19(25)18(24)11(5)15-10(4)13(9(2)3)8-27(21(12)17)22(15)16/h7-8H,2,4,6,26H2,1,3,5H3. The molecule has 0 atom stereocenters. The van der Waals surface area contributed by atoms with Gasteiger partial charge in [0.2, 0.25) is 0 Å². The normalized spacial score (nSPS) is 11.9. The zero-order valence-electron chi connectivity index (χ0n) is 15.4. The summed E-state index contributed by atoms with van der Waals surface area (Å²) in [5.41, 5.74) is 9.18. The van der Waals surface area contributed by atoms with Crippen LogP contribution in [0.5, 0.6) is 0 Å². The number of aryl methyl sites for hydroxylation is 2. The number of allylic oxidation sites excluding steroid dienone is 1. The Morgan fingerprint density at radius 3 is 2.37 bits per heavy atom. The lowest BCUT2D eigenvalue weighted by atomic mass is 9.98. The van der Waals surface area contributed by atoms with Gasteiger partial charge in [0.15, 0.2) is 11.6 Å². The van der Waals surface area contributed by atoms with E-state index in [4.69, 9.17) is 5.73 Å². The molecule has 0 aliphatic heterocycles. The van der Waals surface area contributed by atoms with Crippen LogP contribution in [0.1, 0.15) is 30.5 Å². The summed E-state index contributed by atoms with van der Waals surface area (Å²) in [6.07, 6.45) is 2.31. The first-order valence-corrected chi connectivity index (χ1v) is 8.69. The predicted molar refractivity (Wildman–Crippen MR) is 106 cm³/mol. The number of hydrogen-bond acceptors (Lipinski definition) is 1. The van der Waals surface area contributed by atoms with Crippen LogP contribution >= 0.6 is 0 Å². The molecule has 0 saturated heterocycles. The third-order valence-corrected chi connectivity index (χ3v) is 5.42. The van der Waals surface area contributed by atoms with Crippen molar-refractivity contribution in [3.8, 4) is 0 Å². The fourth-order valence-electron chi connectivity index (χ4n) is 4.08. The summed E-state index contributed by atoms with van der Waals surface area (Å²) in [5.74, 6) is -2.63. The van der Waals surface area contributed by atoms with Crippen molar-refractivity contribution in [2.45, 2.75) is 27.2 Å². The predicted octanol–water partition coefficient (Wildman–Crippen LogP) is 5.28. The highest BCUT2D eigenvalue weighted by atomic mass is 19.2. The van der Waals surface area contributed by atoms with Crippen LogP contribution in [-0.4, -0.2) is 4.40 Å². The molecule has 2 aromatic heterocycles. The van der Waals surface area contributed by atoms with Crippen LogP contribution in [0.4, 0.5) is 18.9 Å². The molecule has 0 unspecified atom stereocenters. The maximum Gasteiger partial charge on any atom is 0.169 e. The zero-order chi connectivity index (χ0) is 19.8. The molecule has 2 N–H and O–H groups in total. The quantitative estimate of drug-likeness (QED) is 0.480. The SMILES string of the molecule is C=C(C)c1cn2c3c(CC)cc(F)c(N)c3c3c(F)c(F)c(C)c(c1=C)c32. The molecular weight excluding hydrogens is 349 g/mol. The number of rotatable bonds is 2. The highest BCUT2D eigenvalue weighted by molar-refractivity contribution is 6.20. The van der Waals surface area contributed by atoms with Gasteiger partial charge in [-0.2, -0.15) is 0 Å². The Hall–Kier alpha value is -2.95. The molecule has 5 heteroatoms. The van der Waals surface area contributed by atoms with E-state index in [1.54, 1.807) is 10.6 Å². The monoisotopic (exact) mass is 368 g/mol. The number of pyridine rings is 1. The van der Waals surface area contributed by atoms with E-state index in [-0.39, 0.29) is 22.0 Å². The van der Waals surface area contributed by atoms with Crippen molar-refractivity contribution < 1.29 is 13.2 Å².